The molecule has 2 aliphatic carbocycles. The van der Waals surface area contributed by atoms with Crippen LogP contribution in [-0.2, 0) is 0 Å². The summed E-state index contributed by atoms with van der Waals surface area (Å²) in [4.78, 5) is 0. The molecule has 67 valence electrons. The zero-order valence-corrected chi connectivity index (χ0v) is 7.08. The van der Waals surface area contributed by atoms with E-state index in [0.717, 1.165) is 12.8 Å². The first-order valence-corrected chi connectivity index (χ1v) is 4.59. The number of hydrogen-bond acceptors (Lipinski definition) is 0. The smallest absolute Gasteiger partial charge is 0.207 e. The first-order chi connectivity index (χ1) is 5.67. The molecule has 1 fully saturated rings. The Morgan fingerprint density at radius 3 is 2.33 bits per heavy atom. The van der Waals surface area contributed by atoms with Gasteiger partial charge in [0.2, 0.25) is 0 Å². The first kappa shape index (κ1) is 8.21. The summed E-state index contributed by atoms with van der Waals surface area (Å²) in [7, 11) is 0. The summed E-state index contributed by atoms with van der Waals surface area (Å²) >= 11 is 0. The minimum Gasteiger partial charge on any atom is -0.207 e. The standard InChI is InChI=1S/C10H13F2/c11-10(12)6-4-9(5-7-10)8-2-1-3-8/h4H,1-3,5-7H2. The number of rotatable bonds is 1. The Morgan fingerprint density at radius 1 is 1.17 bits per heavy atom. The summed E-state index contributed by atoms with van der Waals surface area (Å²) in [5.74, 6) is -0.987. The van der Waals surface area contributed by atoms with E-state index in [1.807, 2.05) is 0 Å². The topological polar surface area (TPSA) is 0 Å². The molecule has 0 unspecified atom stereocenters. The van der Waals surface area contributed by atoms with E-state index in [1.165, 1.54) is 17.9 Å². The molecule has 2 aliphatic rings. The number of allylic oxidation sites excluding steroid dienone is 2. The van der Waals surface area contributed by atoms with Gasteiger partial charge in [-0.1, -0.05) is 18.1 Å². The lowest BCUT2D eigenvalue weighted by molar-refractivity contribution is -0.00889. The Bertz CT molecular complexity index is 202. The van der Waals surface area contributed by atoms with E-state index in [-0.39, 0.29) is 12.8 Å². The van der Waals surface area contributed by atoms with Crippen LogP contribution in [0.25, 0.3) is 0 Å². The van der Waals surface area contributed by atoms with Gasteiger partial charge < -0.3 is 0 Å². The Morgan fingerprint density at radius 2 is 1.92 bits per heavy atom. The third-order valence-electron chi connectivity index (χ3n) is 2.82. The third kappa shape index (κ3) is 1.52. The lowest BCUT2D eigenvalue weighted by atomic mass is 9.75. The van der Waals surface area contributed by atoms with Crippen LogP contribution in [0.4, 0.5) is 8.78 Å². The van der Waals surface area contributed by atoms with E-state index in [1.54, 1.807) is 6.08 Å². The first-order valence-electron chi connectivity index (χ1n) is 4.59. The van der Waals surface area contributed by atoms with Crippen molar-refractivity contribution in [3.8, 4) is 0 Å². The molecule has 0 aliphatic heterocycles. The predicted octanol–water partition coefficient (Wildman–Crippen LogP) is 3.49. The third-order valence-corrected chi connectivity index (χ3v) is 2.82. The van der Waals surface area contributed by atoms with Gasteiger partial charge in [-0.3, -0.25) is 0 Å². The Hall–Kier alpha value is -0.400. The van der Waals surface area contributed by atoms with Gasteiger partial charge in [-0.25, -0.2) is 8.78 Å². The molecule has 0 amide bonds. The maximum Gasteiger partial charge on any atom is 0.251 e. The number of halogens is 2. The normalized spacial score (nSPS) is 29.3. The van der Waals surface area contributed by atoms with Crippen molar-refractivity contribution in [2.45, 2.75) is 44.4 Å². The summed E-state index contributed by atoms with van der Waals surface area (Å²) < 4.78 is 25.4. The van der Waals surface area contributed by atoms with Crippen LogP contribution in [0.1, 0.15) is 38.5 Å². The van der Waals surface area contributed by atoms with Gasteiger partial charge in [-0.2, -0.15) is 0 Å². The fourth-order valence-electron chi connectivity index (χ4n) is 1.79. The van der Waals surface area contributed by atoms with Crippen molar-refractivity contribution in [1.82, 2.24) is 0 Å². The summed E-state index contributed by atoms with van der Waals surface area (Å²) in [6.45, 7) is 0. The van der Waals surface area contributed by atoms with Crippen LogP contribution in [0.2, 0.25) is 0 Å². The molecule has 2 rings (SSSR count). The zero-order chi connectivity index (χ0) is 8.60. The lowest BCUT2D eigenvalue weighted by Gasteiger charge is -2.31. The average molecular weight is 171 g/mol. The summed E-state index contributed by atoms with van der Waals surface area (Å²) in [6.07, 6.45) is 5.92. The molecule has 1 saturated carbocycles. The van der Waals surface area contributed by atoms with Crippen LogP contribution in [0.15, 0.2) is 11.6 Å². The maximum absolute atomic E-state index is 12.7. The molecule has 0 atom stereocenters. The molecular formula is C10H13F2. The lowest BCUT2D eigenvalue weighted by Crippen LogP contribution is -2.22. The van der Waals surface area contributed by atoms with Gasteiger partial charge in [-0.05, 0) is 19.3 Å². The number of alkyl halides is 2. The second-order valence-electron chi connectivity index (χ2n) is 3.75. The molecule has 0 spiro atoms. The van der Waals surface area contributed by atoms with Crippen molar-refractivity contribution in [3.05, 3.63) is 17.6 Å². The minimum absolute atomic E-state index is 0.0359. The molecule has 0 aromatic carbocycles. The van der Waals surface area contributed by atoms with Gasteiger partial charge in [0, 0.05) is 18.8 Å². The monoisotopic (exact) mass is 171 g/mol. The molecule has 0 N–H and O–H groups in total. The van der Waals surface area contributed by atoms with Gasteiger partial charge in [-0.15, -0.1) is 0 Å². The predicted molar refractivity (Wildman–Crippen MR) is 44.0 cm³/mol. The van der Waals surface area contributed by atoms with Gasteiger partial charge in [0.05, 0.1) is 0 Å². The van der Waals surface area contributed by atoms with Crippen molar-refractivity contribution in [2.75, 3.05) is 0 Å². The van der Waals surface area contributed by atoms with Crippen LogP contribution in [-0.4, -0.2) is 5.92 Å². The van der Waals surface area contributed by atoms with E-state index in [0.29, 0.717) is 6.42 Å². The highest BCUT2D eigenvalue weighted by atomic mass is 19.3. The molecular weight excluding hydrogens is 158 g/mol. The highest BCUT2D eigenvalue weighted by Gasteiger charge is 2.34. The van der Waals surface area contributed by atoms with Gasteiger partial charge in [0.15, 0.2) is 0 Å². The molecule has 0 nitrogen and oxygen atoms in total. The Kier molecular flexibility index (Phi) is 1.93. The average Bonchev–Trinajstić information content (AvgIpc) is 1.89. The van der Waals surface area contributed by atoms with Crippen LogP contribution >= 0.6 is 0 Å². The molecule has 0 saturated heterocycles. The van der Waals surface area contributed by atoms with Crippen LogP contribution < -0.4 is 0 Å². The molecule has 1 radical (unpaired) electrons. The molecule has 12 heavy (non-hydrogen) atoms. The van der Waals surface area contributed by atoms with Gasteiger partial charge >= 0.3 is 0 Å². The van der Waals surface area contributed by atoms with Gasteiger partial charge in [0.1, 0.15) is 0 Å². The van der Waals surface area contributed by atoms with Crippen molar-refractivity contribution in [2.24, 2.45) is 0 Å². The molecule has 0 aromatic heterocycles. The second-order valence-corrected chi connectivity index (χ2v) is 3.75. The van der Waals surface area contributed by atoms with E-state index in [9.17, 15) is 8.78 Å². The van der Waals surface area contributed by atoms with E-state index in [4.69, 9.17) is 0 Å². The molecule has 2 heteroatoms. The quantitative estimate of drug-likeness (QED) is 0.566. The largest absolute Gasteiger partial charge is 0.251 e. The van der Waals surface area contributed by atoms with E-state index < -0.39 is 5.92 Å². The highest BCUT2D eigenvalue weighted by molar-refractivity contribution is 5.30. The number of hydrogen-bond donors (Lipinski definition) is 0. The second kappa shape index (κ2) is 2.82. The van der Waals surface area contributed by atoms with Crippen molar-refractivity contribution < 1.29 is 8.78 Å². The Labute approximate surface area is 71.7 Å². The van der Waals surface area contributed by atoms with Crippen molar-refractivity contribution in [1.29, 1.82) is 0 Å². The van der Waals surface area contributed by atoms with Crippen LogP contribution in [0.3, 0.4) is 0 Å². The Balaban J connectivity index is 1.97. The van der Waals surface area contributed by atoms with Crippen molar-refractivity contribution >= 4 is 0 Å². The maximum atomic E-state index is 12.7. The zero-order valence-electron chi connectivity index (χ0n) is 7.08. The van der Waals surface area contributed by atoms with Gasteiger partial charge in [0.25, 0.3) is 5.92 Å². The van der Waals surface area contributed by atoms with E-state index in [2.05, 4.69) is 0 Å². The summed E-state index contributed by atoms with van der Waals surface area (Å²) in [6, 6.07) is 0. The summed E-state index contributed by atoms with van der Waals surface area (Å²) in [5, 5.41) is 0. The van der Waals surface area contributed by atoms with E-state index >= 15 is 0 Å². The summed E-state index contributed by atoms with van der Waals surface area (Å²) in [5.41, 5.74) is 1.23. The fourth-order valence-corrected chi connectivity index (χ4v) is 1.79. The highest BCUT2D eigenvalue weighted by Crippen LogP contribution is 2.42. The molecule has 0 heterocycles. The van der Waals surface area contributed by atoms with Crippen molar-refractivity contribution in [3.63, 3.8) is 0 Å². The van der Waals surface area contributed by atoms with Crippen LogP contribution in [0.5, 0.6) is 0 Å². The minimum atomic E-state index is -2.42. The SMILES string of the molecule is FC1(F)CC=C([C]2CCC2)CC1. The molecule has 0 aromatic rings. The molecule has 0 bridgehead atoms. The van der Waals surface area contributed by atoms with Crippen LogP contribution in [0, 0.1) is 5.92 Å². The fraction of sp³-hybridized carbons (Fsp3) is 0.700.